The standard InChI is InChI=1S/C27H34N2O6/c1-17(2)12-18(13-24(31)29-27(3,16-30)25(32)33)14-28-26(34)35-15-23-21-10-6-4-8-19(21)20-9-5-7-11-22(20)23/h4-11,17-18,23,30H,12-16H2,1-3H3,(H,28,34)(H,29,31)(H,32,33)/t18-,27?/m0/s1. The molecule has 2 aromatic rings. The van der Waals surface area contributed by atoms with Gasteiger partial charge in [-0.25, -0.2) is 9.59 Å². The summed E-state index contributed by atoms with van der Waals surface area (Å²) in [7, 11) is 0. The lowest BCUT2D eigenvalue weighted by Crippen LogP contribution is -2.55. The van der Waals surface area contributed by atoms with Crippen LogP contribution in [0.5, 0.6) is 0 Å². The largest absolute Gasteiger partial charge is 0.479 e. The van der Waals surface area contributed by atoms with E-state index in [-0.39, 0.29) is 37.3 Å². The molecule has 2 amide bonds. The highest BCUT2D eigenvalue weighted by Crippen LogP contribution is 2.44. The first-order valence-electron chi connectivity index (χ1n) is 11.9. The van der Waals surface area contributed by atoms with Crippen molar-refractivity contribution in [3.8, 4) is 11.1 Å². The van der Waals surface area contributed by atoms with Crippen molar-refractivity contribution in [3.63, 3.8) is 0 Å². The fraction of sp³-hybridized carbons (Fsp3) is 0.444. The second kappa shape index (κ2) is 11.4. The van der Waals surface area contributed by atoms with Crippen LogP contribution in [0.2, 0.25) is 0 Å². The molecule has 8 nitrogen and oxygen atoms in total. The SMILES string of the molecule is CC(C)C[C@H](CNC(=O)OCC1c2ccccc2-c2ccccc21)CC(=O)NC(C)(CO)C(=O)O. The van der Waals surface area contributed by atoms with Crippen molar-refractivity contribution in [3.05, 3.63) is 59.7 Å². The maximum absolute atomic E-state index is 12.5. The van der Waals surface area contributed by atoms with Crippen molar-refractivity contribution in [2.24, 2.45) is 11.8 Å². The zero-order valence-corrected chi connectivity index (χ0v) is 20.4. The number of benzene rings is 2. The van der Waals surface area contributed by atoms with Crippen LogP contribution in [0.25, 0.3) is 11.1 Å². The van der Waals surface area contributed by atoms with Crippen molar-refractivity contribution in [1.82, 2.24) is 10.6 Å². The minimum Gasteiger partial charge on any atom is -0.479 e. The van der Waals surface area contributed by atoms with Gasteiger partial charge in [0.25, 0.3) is 0 Å². The number of carbonyl (C=O) groups is 3. The Kier molecular flexibility index (Phi) is 8.51. The van der Waals surface area contributed by atoms with E-state index in [0.717, 1.165) is 22.3 Å². The molecule has 4 N–H and O–H groups in total. The molecule has 0 aromatic heterocycles. The van der Waals surface area contributed by atoms with Gasteiger partial charge in [-0.15, -0.1) is 0 Å². The van der Waals surface area contributed by atoms with Crippen LogP contribution in [0.1, 0.15) is 50.7 Å². The molecular formula is C27H34N2O6. The van der Waals surface area contributed by atoms with Crippen LogP contribution in [0, 0.1) is 11.8 Å². The first-order chi connectivity index (χ1) is 16.6. The number of nitrogens with one attached hydrogen (secondary N) is 2. The summed E-state index contributed by atoms with van der Waals surface area (Å²) in [6, 6.07) is 16.2. The number of alkyl carbamates (subject to hydrolysis) is 1. The lowest BCUT2D eigenvalue weighted by Gasteiger charge is -2.26. The van der Waals surface area contributed by atoms with Gasteiger partial charge >= 0.3 is 12.1 Å². The number of hydrogen-bond donors (Lipinski definition) is 4. The van der Waals surface area contributed by atoms with Crippen LogP contribution < -0.4 is 10.6 Å². The molecule has 0 heterocycles. The first kappa shape index (κ1) is 26.2. The Hall–Kier alpha value is -3.39. The number of amides is 2. The van der Waals surface area contributed by atoms with Crippen LogP contribution in [0.3, 0.4) is 0 Å². The average molecular weight is 483 g/mol. The summed E-state index contributed by atoms with van der Waals surface area (Å²) >= 11 is 0. The normalized spacial score (nSPS) is 15.0. The average Bonchev–Trinajstić information content (AvgIpc) is 3.14. The van der Waals surface area contributed by atoms with E-state index in [2.05, 4.69) is 34.9 Å². The fourth-order valence-corrected chi connectivity index (χ4v) is 4.56. The Balaban J connectivity index is 1.57. The van der Waals surface area contributed by atoms with Gasteiger partial charge in [0.15, 0.2) is 5.54 Å². The summed E-state index contributed by atoms with van der Waals surface area (Å²) in [4.78, 5) is 36.3. The molecule has 2 aromatic carbocycles. The first-order valence-corrected chi connectivity index (χ1v) is 11.9. The second-order valence-corrected chi connectivity index (χ2v) is 9.75. The fourth-order valence-electron chi connectivity index (χ4n) is 4.56. The molecule has 0 radical (unpaired) electrons. The highest BCUT2D eigenvalue weighted by molar-refractivity contribution is 5.87. The Bertz CT molecular complexity index is 1020. The second-order valence-electron chi connectivity index (χ2n) is 9.75. The van der Waals surface area contributed by atoms with E-state index < -0.39 is 30.1 Å². The van der Waals surface area contributed by atoms with Gasteiger partial charge in [-0.1, -0.05) is 62.4 Å². The van der Waals surface area contributed by atoms with E-state index in [1.165, 1.54) is 6.92 Å². The molecule has 1 aliphatic carbocycles. The van der Waals surface area contributed by atoms with Crippen molar-refractivity contribution in [1.29, 1.82) is 0 Å². The third kappa shape index (κ3) is 6.39. The van der Waals surface area contributed by atoms with Gasteiger partial charge in [-0.05, 0) is 47.4 Å². The number of aliphatic hydroxyl groups is 1. The Morgan fingerprint density at radius 1 is 1.03 bits per heavy atom. The molecule has 0 aliphatic heterocycles. The van der Waals surface area contributed by atoms with Crippen molar-refractivity contribution in [2.75, 3.05) is 19.8 Å². The molecule has 8 heteroatoms. The van der Waals surface area contributed by atoms with Gasteiger partial charge in [0.2, 0.25) is 5.91 Å². The third-order valence-electron chi connectivity index (χ3n) is 6.36. The van der Waals surface area contributed by atoms with Gasteiger partial charge in [0.1, 0.15) is 6.61 Å². The molecule has 3 rings (SSSR count). The summed E-state index contributed by atoms with van der Waals surface area (Å²) in [6.45, 7) is 4.95. The van der Waals surface area contributed by atoms with E-state index in [1.807, 2.05) is 38.1 Å². The van der Waals surface area contributed by atoms with Crippen LogP contribution >= 0.6 is 0 Å². The van der Waals surface area contributed by atoms with Crippen molar-refractivity contribution < 1.29 is 29.3 Å². The highest BCUT2D eigenvalue weighted by Gasteiger charge is 2.35. The van der Waals surface area contributed by atoms with Gasteiger partial charge in [-0.2, -0.15) is 0 Å². The van der Waals surface area contributed by atoms with E-state index >= 15 is 0 Å². The number of aliphatic carboxylic acids is 1. The number of ether oxygens (including phenoxy) is 1. The van der Waals surface area contributed by atoms with Crippen LogP contribution in [-0.2, 0) is 14.3 Å². The van der Waals surface area contributed by atoms with Gasteiger partial charge < -0.3 is 25.6 Å². The molecule has 0 bridgehead atoms. The molecule has 0 saturated heterocycles. The van der Waals surface area contributed by atoms with Crippen molar-refractivity contribution in [2.45, 2.75) is 45.1 Å². The zero-order chi connectivity index (χ0) is 25.6. The molecule has 1 aliphatic rings. The molecular weight excluding hydrogens is 448 g/mol. The number of carboxylic acid groups (broad SMARTS) is 1. The summed E-state index contributed by atoms with van der Waals surface area (Å²) in [6.07, 6.45) is 0.108. The van der Waals surface area contributed by atoms with Crippen LogP contribution in [-0.4, -0.2) is 53.5 Å². The Morgan fingerprint density at radius 2 is 1.60 bits per heavy atom. The predicted octanol–water partition coefficient (Wildman–Crippen LogP) is 3.53. The number of aliphatic hydroxyl groups excluding tert-OH is 1. The molecule has 35 heavy (non-hydrogen) atoms. The van der Waals surface area contributed by atoms with E-state index in [1.54, 1.807) is 0 Å². The van der Waals surface area contributed by atoms with E-state index in [0.29, 0.717) is 6.42 Å². The predicted molar refractivity (Wildman–Crippen MR) is 132 cm³/mol. The quantitative estimate of drug-likeness (QED) is 0.388. The minimum atomic E-state index is -1.75. The lowest BCUT2D eigenvalue weighted by molar-refractivity contribution is -0.148. The number of rotatable bonds is 11. The molecule has 0 saturated carbocycles. The molecule has 188 valence electrons. The number of fused-ring (bicyclic) bond motifs is 3. The maximum Gasteiger partial charge on any atom is 0.407 e. The molecule has 0 spiro atoms. The lowest BCUT2D eigenvalue weighted by atomic mass is 9.93. The van der Waals surface area contributed by atoms with Gasteiger partial charge in [0, 0.05) is 18.9 Å². The molecule has 2 atom stereocenters. The number of carbonyl (C=O) groups excluding carboxylic acids is 2. The highest BCUT2D eigenvalue weighted by atomic mass is 16.5. The number of hydrogen-bond acceptors (Lipinski definition) is 5. The Morgan fingerprint density at radius 3 is 2.11 bits per heavy atom. The Labute approximate surface area is 205 Å². The summed E-state index contributed by atoms with van der Waals surface area (Å²) < 4.78 is 5.57. The zero-order valence-electron chi connectivity index (χ0n) is 20.4. The van der Waals surface area contributed by atoms with Gasteiger partial charge in [-0.3, -0.25) is 4.79 Å². The van der Waals surface area contributed by atoms with Crippen molar-refractivity contribution >= 4 is 18.0 Å². The smallest absolute Gasteiger partial charge is 0.407 e. The molecule has 0 fully saturated rings. The third-order valence-corrected chi connectivity index (χ3v) is 6.36. The van der Waals surface area contributed by atoms with Crippen LogP contribution in [0.15, 0.2) is 48.5 Å². The summed E-state index contributed by atoms with van der Waals surface area (Å²) in [5.41, 5.74) is 2.80. The van der Waals surface area contributed by atoms with E-state index in [9.17, 15) is 24.6 Å². The summed E-state index contributed by atoms with van der Waals surface area (Å²) in [5.74, 6) is -1.81. The summed E-state index contributed by atoms with van der Waals surface area (Å²) in [5, 5.41) is 23.8. The van der Waals surface area contributed by atoms with Crippen LogP contribution in [0.4, 0.5) is 4.79 Å². The monoisotopic (exact) mass is 482 g/mol. The van der Waals surface area contributed by atoms with E-state index in [4.69, 9.17) is 4.74 Å². The minimum absolute atomic E-state index is 0.0186. The topological polar surface area (TPSA) is 125 Å². The van der Waals surface area contributed by atoms with Gasteiger partial charge in [0.05, 0.1) is 6.61 Å². The maximum atomic E-state index is 12.5. The molecule has 1 unspecified atom stereocenters. The number of carboxylic acids is 1.